The molecule has 1 aliphatic rings. The molecular weight excluding hydrogens is 525 g/mol. The average molecular weight is 555 g/mol. The second-order valence-corrected chi connectivity index (χ2v) is 9.69. The number of aryl methyl sites for hydroxylation is 1. The Kier molecular flexibility index (Phi) is 9.21. The topological polar surface area (TPSA) is 58.6 Å². The van der Waals surface area contributed by atoms with Crippen LogP contribution < -0.4 is 5.32 Å². The molecule has 3 rings (SSSR count). The van der Waals surface area contributed by atoms with Crippen molar-refractivity contribution in [3.63, 3.8) is 0 Å². The Balaban J connectivity index is 1.71. The smallest absolute Gasteiger partial charge is 0.389 e. The zero-order valence-electron chi connectivity index (χ0n) is 19.8. The number of carbonyl (C=O) groups is 2. The van der Waals surface area contributed by atoms with Gasteiger partial charge in [-0.1, -0.05) is 22.0 Å². The standard InChI is InChI=1S/C26H30BrF3N2O3/c1-3-35-25(34)19-5-4-14-32(16-19)24(33)18-6-9-21(10-7-18)31-23(12-13-26(28,29)30)22-11-8-20(27)15-17(22)2/h6-11,15,19,23,31H,3-5,12-14,16H2,1-2H3/t19-,23?/m1/s1. The van der Waals surface area contributed by atoms with E-state index in [2.05, 4.69) is 21.2 Å². The number of hydrogen-bond donors (Lipinski definition) is 1. The molecule has 1 amide bonds. The molecule has 1 unspecified atom stereocenters. The van der Waals surface area contributed by atoms with Crippen molar-refractivity contribution in [2.24, 2.45) is 5.92 Å². The number of hydrogen-bond acceptors (Lipinski definition) is 4. The van der Waals surface area contributed by atoms with E-state index < -0.39 is 18.6 Å². The van der Waals surface area contributed by atoms with E-state index in [1.54, 1.807) is 36.1 Å². The third-order valence-corrected chi connectivity index (χ3v) is 6.62. The number of piperidine rings is 1. The van der Waals surface area contributed by atoms with Crippen LogP contribution in [0.5, 0.6) is 0 Å². The van der Waals surface area contributed by atoms with Gasteiger partial charge in [0.25, 0.3) is 5.91 Å². The number of anilines is 1. The molecule has 0 saturated carbocycles. The molecule has 2 aromatic carbocycles. The van der Waals surface area contributed by atoms with Crippen LogP contribution in [0.3, 0.4) is 0 Å². The molecule has 190 valence electrons. The van der Waals surface area contributed by atoms with Crippen LogP contribution in [-0.4, -0.2) is 42.6 Å². The molecule has 0 aliphatic carbocycles. The lowest BCUT2D eigenvalue weighted by Gasteiger charge is -2.31. The number of benzene rings is 2. The number of amides is 1. The van der Waals surface area contributed by atoms with Gasteiger partial charge in [0.1, 0.15) is 0 Å². The number of esters is 1. The third kappa shape index (κ3) is 7.72. The molecule has 5 nitrogen and oxygen atoms in total. The Labute approximate surface area is 212 Å². The van der Waals surface area contributed by atoms with E-state index in [1.807, 2.05) is 25.1 Å². The molecule has 2 aromatic rings. The molecule has 0 spiro atoms. The van der Waals surface area contributed by atoms with E-state index in [0.29, 0.717) is 37.4 Å². The first-order valence-electron chi connectivity index (χ1n) is 11.7. The summed E-state index contributed by atoms with van der Waals surface area (Å²) < 4.78 is 44.9. The quantitative estimate of drug-likeness (QED) is 0.370. The zero-order chi connectivity index (χ0) is 25.6. The van der Waals surface area contributed by atoms with E-state index in [-0.39, 0.29) is 24.2 Å². The normalized spacial score (nSPS) is 17.1. The predicted octanol–water partition coefficient (Wildman–Crippen LogP) is 6.67. The molecule has 1 heterocycles. The molecule has 1 aliphatic heterocycles. The Bertz CT molecular complexity index is 1030. The van der Waals surface area contributed by atoms with Crippen molar-refractivity contribution in [3.05, 3.63) is 63.6 Å². The zero-order valence-corrected chi connectivity index (χ0v) is 21.4. The van der Waals surface area contributed by atoms with Crippen molar-refractivity contribution >= 4 is 33.5 Å². The summed E-state index contributed by atoms with van der Waals surface area (Å²) in [5.74, 6) is -0.780. The summed E-state index contributed by atoms with van der Waals surface area (Å²) in [6, 6.07) is 11.7. The minimum atomic E-state index is -4.25. The Morgan fingerprint density at radius 1 is 1.20 bits per heavy atom. The molecule has 1 N–H and O–H groups in total. The number of nitrogens with zero attached hydrogens (tertiary/aromatic N) is 1. The highest BCUT2D eigenvalue weighted by atomic mass is 79.9. The monoisotopic (exact) mass is 554 g/mol. The maximum Gasteiger partial charge on any atom is 0.389 e. The van der Waals surface area contributed by atoms with E-state index in [4.69, 9.17) is 4.74 Å². The lowest BCUT2D eigenvalue weighted by Crippen LogP contribution is -2.42. The summed E-state index contributed by atoms with van der Waals surface area (Å²) in [4.78, 5) is 26.7. The van der Waals surface area contributed by atoms with Crippen LogP contribution in [0.4, 0.5) is 18.9 Å². The number of carbonyl (C=O) groups excluding carboxylic acids is 2. The molecule has 0 bridgehead atoms. The van der Waals surface area contributed by atoms with Crippen molar-refractivity contribution in [3.8, 4) is 0 Å². The molecule has 9 heteroatoms. The fourth-order valence-electron chi connectivity index (χ4n) is 4.35. The maximum absolute atomic E-state index is 13.0. The SMILES string of the molecule is CCOC(=O)[C@@H]1CCCN(C(=O)c2ccc(NC(CCC(F)(F)F)c3ccc(Br)cc3C)cc2)C1. The highest BCUT2D eigenvalue weighted by Gasteiger charge is 2.31. The van der Waals surface area contributed by atoms with Gasteiger partial charge >= 0.3 is 12.1 Å². The molecule has 2 atom stereocenters. The number of alkyl halides is 3. The lowest BCUT2D eigenvalue weighted by atomic mass is 9.96. The van der Waals surface area contributed by atoms with E-state index in [1.165, 1.54) is 0 Å². The van der Waals surface area contributed by atoms with E-state index >= 15 is 0 Å². The number of rotatable bonds is 8. The average Bonchev–Trinajstić information content (AvgIpc) is 2.82. The maximum atomic E-state index is 13.0. The predicted molar refractivity (Wildman–Crippen MR) is 132 cm³/mol. The van der Waals surface area contributed by atoms with Crippen LogP contribution in [0.1, 0.15) is 60.1 Å². The Hall–Kier alpha value is -2.55. The van der Waals surface area contributed by atoms with Gasteiger partial charge in [-0.05, 0) is 80.6 Å². The van der Waals surface area contributed by atoms with Gasteiger partial charge < -0.3 is 15.0 Å². The van der Waals surface area contributed by atoms with Gasteiger partial charge in [0, 0.05) is 35.2 Å². The highest BCUT2D eigenvalue weighted by Crippen LogP contribution is 2.33. The fourth-order valence-corrected chi connectivity index (χ4v) is 4.83. The van der Waals surface area contributed by atoms with Crippen LogP contribution in [0.2, 0.25) is 0 Å². The third-order valence-electron chi connectivity index (χ3n) is 6.13. The first-order valence-corrected chi connectivity index (χ1v) is 12.5. The Morgan fingerprint density at radius 3 is 2.54 bits per heavy atom. The summed E-state index contributed by atoms with van der Waals surface area (Å²) >= 11 is 3.39. The molecular formula is C26H30BrF3N2O3. The number of ether oxygens (including phenoxy) is 1. The fraction of sp³-hybridized carbons (Fsp3) is 0.462. The number of likely N-dealkylation sites (tertiary alicyclic amines) is 1. The second kappa shape index (κ2) is 11.9. The van der Waals surface area contributed by atoms with Gasteiger partial charge in [-0.3, -0.25) is 9.59 Å². The van der Waals surface area contributed by atoms with Gasteiger partial charge in [-0.25, -0.2) is 0 Å². The lowest BCUT2D eigenvalue weighted by molar-refractivity contribution is -0.149. The van der Waals surface area contributed by atoms with Crippen LogP contribution in [0.25, 0.3) is 0 Å². The number of nitrogens with one attached hydrogen (secondary N) is 1. The first kappa shape index (κ1) is 27.0. The largest absolute Gasteiger partial charge is 0.466 e. The minimum Gasteiger partial charge on any atom is -0.466 e. The van der Waals surface area contributed by atoms with Gasteiger partial charge in [-0.2, -0.15) is 13.2 Å². The van der Waals surface area contributed by atoms with Crippen molar-refractivity contribution in [1.82, 2.24) is 4.90 Å². The second-order valence-electron chi connectivity index (χ2n) is 8.77. The van der Waals surface area contributed by atoms with Crippen molar-refractivity contribution in [2.45, 2.75) is 51.7 Å². The molecule has 1 fully saturated rings. The summed E-state index contributed by atoms with van der Waals surface area (Å²) in [7, 11) is 0. The van der Waals surface area contributed by atoms with E-state index in [9.17, 15) is 22.8 Å². The van der Waals surface area contributed by atoms with Crippen LogP contribution >= 0.6 is 15.9 Å². The summed E-state index contributed by atoms with van der Waals surface area (Å²) in [6.45, 7) is 4.82. The molecule has 35 heavy (non-hydrogen) atoms. The van der Waals surface area contributed by atoms with Crippen LogP contribution in [0, 0.1) is 12.8 Å². The molecule has 0 aromatic heterocycles. The summed E-state index contributed by atoms with van der Waals surface area (Å²) in [5.41, 5.74) is 2.76. The minimum absolute atomic E-state index is 0.115. The van der Waals surface area contributed by atoms with E-state index in [0.717, 1.165) is 22.0 Å². The van der Waals surface area contributed by atoms with Gasteiger partial charge in [0.05, 0.1) is 18.6 Å². The van der Waals surface area contributed by atoms with Gasteiger partial charge in [0.15, 0.2) is 0 Å². The van der Waals surface area contributed by atoms with Gasteiger partial charge in [0.2, 0.25) is 0 Å². The first-order chi connectivity index (χ1) is 16.6. The van der Waals surface area contributed by atoms with Crippen molar-refractivity contribution in [2.75, 3.05) is 25.0 Å². The summed E-state index contributed by atoms with van der Waals surface area (Å²) in [6.07, 6.45) is -3.86. The molecule has 1 saturated heterocycles. The highest BCUT2D eigenvalue weighted by molar-refractivity contribution is 9.10. The van der Waals surface area contributed by atoms with Crippen LogP contribution in [-0.2, 0) is 9.53 Å². The van der Waals surface area contributed by atoms with Crippen molar-refractivity contribution in [1.29, 1.82) is 0 Å². The number of halogens is 4. The van der Waals surface area contributed by atoms with Crippen LogP contribution in [0.15, 0.2) is 46.9 Å². The molecule has 0 radical (unpaired) electrons. The Morgan fingerprint density at radius 2 is 1.91 bits per heavy atom. The van der Waals surface area contributed by atoms with Gasteiger partial charge in [-0.15, -0.1) is 0 Å². The summed E-state index contributed by atoms with van der Waals surface area (Å²) in [5, 5.41) is 3.21. The van der Waals surface area contributed by atoms with Crippen molar-refractivity contribution < 1.29 is 27.5 Å².